The van der Waals surface area contributed by atoms with Gasteiger partial charge < -0.3 is 19.0 Å². The van der Waals surface area contributed by atoms with Gasteiger partial charge in [0.2, 0.25) is 18.5 Å². The quantitative estimate of drug-likeness (QED) is 0.568. The monoisotopic (exact) mass is 381 g/mol. The molecule has 0 spiro atoms. The number of nitrogens with one attached hydrogen (secondary N) is 1. The third kappa shape index (κ3) is 3.16. The third-order valence-corrected chi connectivity index (χ3v) is 4.42. The Morgan fingerprint density at radius 3 is 2.89 bits per heavy atom. The molecule has 0 unspecified atom stereocenters. The summed E-state index contributed by atoms with van der Waals surface area (Å²) in [5.41, 5.74) is 2.19. The van der Waals surface area contributed by atoms with Crippen molar-refractivity contribution in [3.8, 4) is 22.9 Å². The fourth-order valence-electron chi connectivity index (χ4n) is 3.12. The van der Waals surface area contributed by atoms with Gasteiger partial charge in [-0.1, -0.05) is 5.16 Å². The molecule has 2 aromatic carbocycles. The molecule has 4 aromatic rings. The molecule has 1 aliphatic heterocycles. The largest absolute Gasteiger partial charge is 0.454 e. The van der Waals surface area contributed by atoms with Crippen LogP contribution in [0.4, 0.5) is 4.39 Å². The second-order valence-corrected chi connectivity index (χ2v) is 6.60. The molecule has 0 saturated heterocycles. The second kappa shape index (κ2) is 6.61. The Balaban J connectivity index is 1.28. The zero-order valence-corrected chi connectivity index (χ0v) is 15.0. The Morgan fingerprint density at radius 1 is 1.07 bits per heavy atom. The Kier molecular flexibility index (Phi) is 3.94. The Hall–Kier alpha value is -3.46. The normalized spacial score (nSPS) is 13.0. The Labute approximate surface area is 158 Å². The number of rotatable bonds is 5. The van der Waals surface area contributed by atoms with Crippen molar-refractivity contribution in [2.24, 2.45) is 0 Å². The summed E-state index contributed by atoms with van der Waals surface area (Å²) in [5.74, 6) is 2.79. The summed E-state index contributed by atoms with van der Waals surface area (Å²) in [6, 6.07) is 9.99. The van der Waals surface area contributed by atoms with E-state index in [0.29, 0.717) is 41.8 Å². The van der Waals surface area contributed by atoms with Gasteiger partial charge in [0.25, 0.3) is 0 Å². The molecule has 28 heavy (non-hydrogen) atoms. The minimum Gasteiger partial charge on any atom is -0.454 e. The number of fused-ring (bicyclic) bond motifs is 2. The van der Waals surface area contributed by atoms with E-state index in [1.807, 2.05) is 30.1 Å². The number of aromatic nitrogens is 4. The van der Waals surface area contributed by atoms with Crippen molar-refractivity contribution in [1.29, 1.82) is 0 Å². The lowest BCUT2D eigenvalue weighted by Crippen LogP contribution is -2.18. The predicted octanol–water partition coefficient (Wildman–Crippen LogP) is 3.11. The molecule has 0 radical (unpaired) electrons. The van der Waals surface area contributed by atoms with Crippen molar-refractivity contribution in [2.45, 2.75) is 13.1 Å². The SMILES string of the molecule is CN(Cc1nc2ccc(F)cc2[nH]1)Cc1nc(-c2ccc3c(c2)OCO3)no1. The highest BCUT2D eigenvalue weighted by atomic mass is 19.1. The molecule has 1 aliphatic rings. The highest BCUT2D eigenvalue weighted by molar-refractivity contribution is 5.74. The average Bonchev–Trinajstić information content (AvgIpc) is 3.39. The van der Waals surface area contributed by atoms with Crippen molar-refractivity contribution in [3.63, 3.8) is 0 Å². The fourth-order valence-corrected chi connectivity index (χ4v) is 3.12. The molecular formula is C19H16FN5O3. The molecule has 1 N–H and O–H groups in total. The minimum atomic E-state index is -0.294. The van der Waals surface area contributed by atoms with Crippen LogP contribution in [0.2, 0.25) is 0 Å². The van der Waals surface area contributed by atoms with Gasteiger partial charge >= 0.3 is 0 Å². The lowest BCUT2D eigenvalue weighted by Gasteiger charge is -2.11. The predicted molar refractivity (Wildman–Crippen MR) is 97.1 cm³/mol. The van der Waals surface area contributed by atoms with Crippen molar-refractivity contribution in [1.82, 2.24) is 25.0 Å². The molecule has 0 bridgehead atoms. The van der Waals surface area contributed by atoms with Crippen LogP contribution in [0.15, 0.2) is 40.9 Å². The van der Waals surface area contributed by atoms with Gasteiger partial charge in [0.15, 0.2) is 11.5 Å². The molecule has 0 saturated carbocycles. The van der Waals surface area contributed by atoms with Crippen LogP contribution in [0.3, 0.4) is 0 Å². The van der Waals surface area contributed by atoms with E-state index in [4.69, 9.17) is 14.0 Å². The van der Waals surface area contributed by atoms with Gasteiger partial charge in [-0.25, -0.2) is 9.37 Å². The van der Waals surface area contributed by atoms with Crippen molar-refractivity contribution < 1.29 is 18.4 Å². The van der Waals surface area contributed by atoms with E-state index in [1.54, 1.807) is 6.07 Å². The number of imidazole rings is 1. The first-order valence-electron chi connectivity index (χ1n) is 8.69. The summed E-state index contributed by atoms with van der Waals surface area (Å²) in [6.45, 7) is 1.19. The van der Waals surface area contributed by atoms with Gasteiger partial charge in [-0.05, 0) is 43.4 Å². The van der Waals surface area contributed by atoms with E-state index in [2.05, 4.69) is 20.1 Å². The van der Waals surface area contributed by atoms with Gasteiger partial charge in [-0.2, -0.15) is 4.98 Å². The molecule has 5 rings (SSSR count). The summed E-state index contributed by atoms with van der Waals surface area (Å²) in [4.78, 5) is 14.0. The van der Waals surface area contributed by atoms with Crippen LogP contribution in [0.1, 0.15) is 11.7 Å². The van der Waals surface area contributed by atoms with Crippen LogP contribution >= 0.6 is 0 Å². The van der Waals surface area contributed by atoms with E-state index in [0.717, 1.165) is 16.9 Å². The number of benzene rings is 2. The van der Waals surface area contributed by atoms with E-state index in [1.165, 1.54) is 12.1 Å². The smallest absolute Gasteiger partial charge is 0.241 e. The van der Waals surface area contributed by atoms with Gasteiger partial charge in [-0.15, -0.1) is 0 Å². The molecule has 0 atom stereocenters. The maximum Gasteiger partial charge on any atom is 0.241 e. The maximum atomic E-state index is 13.3. The number of hydrogen-bond acceptors (Lipinski definition) is 7. The number of H-pyrrole nitrogens is 1. The highest BCUT2D eigenvalue weighted by Gasteiger charge is 2.17. The van der Waals surface area contributed by atoms with Crippen molar-refractivity contribution >= 4 is 11.0 Å². The van der Waals surface area contributed by atoms with E-state index in [9.17, 15) is 4.39 Å². The van der Waals surface area contributed by atoms with Crippen LogP contribution in [0.25, 0.3) is 22.4 Å². The van der Waals surface area contributed by atoms with Gasteiger partial charge in [0.05, 0.1) is 24.1 Å². The Morgan fingerprint density at radius 2 is 1.96 bits per heavy atom. The molecule has 9 heteroatoms. The first-order chi connectivity index (χ1) is 13.6. The first kappa shape index (κ1) is 16.7. The number of nitrogens with zero attached hydrogens (tertiary/aromatic N) is 4. The van der Waals surface area contributed by atoms with Crippen LogP contribution in [0.5, 0.6) is 11.5 Å². The lowest BCUT2D eigenvalue weighted by atomic mass is 10.2. The summed E-state index contributed by atoms with van der Waals surface area (Å²) in [7, 11) is 1.91. The number of aromatic amines is 1. The zero-order valence-electron chi connectivity index (χ0n) is 15.0. The standard InChI is InChI=1S/C19H16FN5O3/c1-25(8-17-21-13-4-3-12(20)7-14(13)22-17)9-18-23-19(24-28-18)11-2-5-15-16(6-11)27-10-26-15/h2-7H,8-10H2,1H3,(H,21,22). The summed E-state index contributed by atoms with van der Waals surface area (Å²) in [5, 5.41) is 4.04. The van der Waals surface area contributed by atoms with Crippen LogP contribution in [0, 0.1) is 5.82 Å². The molecule has 3 heterocycles. The van der Waals surface area contributed by atoms with Crippen molar-refractivity contribution in [3.05, 3.63) is 53.9 Å². The van der Waals surface area contributed by atoms with Gasteiger partial charge in [0, 0.05) is 5.56 Å². The van der Waals surface area contributed by atoms with Crippen molar-refractivity contribution in [2.75, 3.05) is 13.8 Å². The molecule has 8 nitrogen and oxygen atoms in total. The number of ether oxygens (including phenoxy) is 2. The first-order valence-corrected chi connectivity index (χ1v) is 8.69. The molecule has 0 amide bonds. The van der Waals surface area contributed by atoms with Crippen LogP contribution in [-0.4, -0.2) is 38.8 Å². The topological polar surface area (TPSA) is 89.3 Å². The van der Waals surface area contributed by atoms with Gasteiger partial charge in [0.1, 0.15) is 11.6 Å². The summed E-state index contributed by atoms with van der Waals surface area (Å²) >= 11 is 0. The van der Waals surface area contributed by atoms with Crippen LogP contribution in [-0.2, 0) is 13.1 Å². The maximum absolute atomic E-state index is 13.3. The second-order valence-electron chi connectivity index (χ2n) is 6.60. The Bertz CT molecular complexity index is 1160. The molecule has 142 valence electrons. The fraction of sp³-hybridized carbons (Fsp3) is 0.211. The molecular weight excluding hydrogens is 365 g/mol. The highest BCUT2D eigenvalue weighted by Crippen LogP contribution is 2.35. The average molecular weight is 381 g/mol. The zero-order chi connectivity index (χ0) is 19.1. The molecule has 2 aromatic heterocycles. The third-order valence-electron chi connectivity index (χ3n) is 4.42. The molecule has 0 fully saturated rings. The van der Waals surface area contributed by atoms with Crippen LogP contribution < -0.4 is 9.47 Å². The number of hydrogen-bond donors (Lipinski definition) is 1. The van der Waals surface area contributed by atoms with E-state index < -0.39 is 0 Å². The molecule has 0 aliphatic carbocycles. The van der Waals surface area contributed by atoms with Gasteiger partial charge in [-0.3, -0.25) is 4.90 Å². The van der Waals surface area contributed by atoms with E-state index >= 15 is 0 Å². The van der Waals surface area contributed by atoms with E-state index in [-0.39, 0.29) is 12.6 Å². The minimum absolute atomic E-state index is 0.218. The lowest BCUT2D eigenvalue weighted by molar-refractivity contribution is 0.174. The summed E-state index contributed by atoms with van der Waals surface area (Å²) < 4.78 is 29.4. The number of halogens is 1. The summed E-state index contributed by atoms with van der Waals surface area (Å²) in [6.07, 6.45) is 0.